The zero-order chi connectivity index (χ0) is 14.9. The SMILES string of the molecule is [N-]=[N+]=NC(=O)/C=C/C(=C\c1ccccc1)c1ccccc1. The molecule has 0 saturated heterocycles. The van der Waals surface area contributed by atoms with Gasteiger partial charge in [-0.25, -0.2) is 0 Å². The van der Waals surface area contributed by atoms with E-state index in [2.05, 4.69) is 10.0 Å². The van der Waals surface area contributed by atoms with E-state index in [0.29, 0.717) is 0 Å². The molecule has 0 aliphatic heterocycles. The molecule has 4 heteroatoms. The maximum atomic E-state index is 11.3. The van der Waals surface area contributed by atoms with Crippen LogP contribution < -0.4 is 0 Å². The minimum absolute atomic E-state index is 0.618. The van der Waals surface area contributed by atoms with Crippen LogP contribution in [0.1, 0.15) is 11.1 Å². The first-order chi connectivity index (χ1) is 10.3. The Morgan fingerprint density at radius 1 is 0.952 bits per heavy atom. The Hall–Kier alpha value is -3.10. The van der Waals surface area contributed by atoms with Crippen LogP contribution in [0, 0.1) is 0 Å². The highest BCUT2D eigenvalue weighted by Crippen LogP contribution is 2.19. The van der Waals surface area contributed by atoms with E-state index in [9.17, 15) is 4.79 Å². The summed E-state index contributed by atoms with van der Waals surface area (Å²) in [5.74, 6) is -0.618. The van der Waals surface area contributed by atoms with Crippen molar-refractivity contribution in [3.05, 3.63) is 94.4 Å². The van der Waals surface area contributed by atoms with Crippen molar-refractivity contribution in [3.8, 4) is 0 Å². The number of allylic oxidation sites excluding steroid dienone is 2. The number of amides is 1. The van der Waals surface area contributed by atoms with Crippen molar-refractivity contribution in [1.29, 1.82) is 0 Å². The third-order valence-corrected chi connectivity index (χ3v) is 2.78. The Bertz CT molecular complexity index is 712. The number of rotatable bonds is 4. The van der Waals surface area contributed by atoms with Gasteiger partial charge in [-0.05, 0) is 39.5 Å². The molecule has 0 radical (unpaired) electrons. The lowest BCUT2D eigenvalue weighted by Gasteiger charge is -2.03. The Balaban J connectivity index is 2.38. The molecule has 4 nitrogen and oxygen atoms in total. The Labute approximate surface area is 122 Å². The third kappa shape index (κ3) is 4.49. The average Bonchev–Trinajstić information content (AvgIpc) is 2.53. The van der Waals surface area contributed by atoms with Crippen molar-refractivity contribution in [2.45, 2.75) is 0 Å². The predicted molar refractivity (Wildman–Crippen MR) is 84.0 cm³/mol. The zero-order valence-electron chi connectivity index (χ0n) is 11.3. The van der Waals surface area contributed by atoms with Crippen LogP contribution in [0.25, 0.3) is 22.1 Å². The fourth-order valence-electron chi connectivity index (χ4n) is 1.83. The number of azide groups is 1. The fourth-order valence-corrected chi connectivity index (χ4v) is 1.83. The summed E-state index contributed by atoms with van der Waals surface area (Å²) in [4.78, 5) is 13.8. The molecule has 0 bridgehead atoms. The molecular formula is C17H13N3O. The highest BCUT2D eigenvalue weighted by Gasteiger charge is 1.99. The fraction of sp³-hybridized carbons (Fsp3) is 0. The van der Waals surface area contributed by atoms with Gasteiger partial charge in [-0.2, -0.15) is 0 Å². The van der Waals surface area contributed by atoms with Gasteiger partial charge in [0.2, 0.25) is 5.91 Å². The maximum absolute atomic E-state index is 11.3. The van der Waals surface area contributed by atoms with Gasteiger partial charge in [0.05, 0.1) is 0 Å². The van der Waals surface area contributed by atoms with Gasteiger partial charge in [-0.1, -0.05) is 66.7 Å². The van der Waals surface area contributed by atoms with Crippen LogP contribution in [0.15, 0.2) is 77.9 Å². The van der Waals surface area contributed by atoms with Crippen LogP contribution >= 0.6 is 0 Å². The van der Waals surface area contributed by atoms with E-state index in [-0.39, 0.29) is 0 Å². The van der Waals surface area contributed by atoms with Gasteiger partial charge in [0, 0.05) is 4.91 Å². The minimum Gasteiger partial charge on any atom is -0.288 e. The topological polar surface area (TPSA) is 65.8 Å². The summed E-state index contributed by atoms with van der Waals surface area (Å²) in [5, 5.41) is 3.02. The largest absolute Gasteiger partial charge is 0.288 e. The van der Waals surface area contributed by atoms with E-state index < -0.39 is 5.91 Å². The summed E-state index contributed by atoms with van der Waals surface area (Å²) >= 11 is 0. The second-order valence-corrected chi connectivity index (χ2v) is 4.24. The zero-order valence-corrected chi connectivity index (χ0v) is 11.3. The lowest BCUT2D eigenvalue weighted by molar-refractivity contribution is -0.113. The van der Waals surface area contributed by atoms with Gasteiger partial charge in [0.1, 0.15) is 0 Å². The van der Waals surface area contributed by atoms with E-state index in [1.165, 1.54) is 6.08 Å². The minimum atomic E-state index is -0.618. The van der Waals surface area contributed by atoms with Crippen LogP contribution in [0.5, 0.6) is 0 Å². The Morgan fingerprint density at radius 3 is 2.19 bits per heavy atom. The quantitative estimate of drug-likeness (QED) is 0.200. The molecule has 0 fully saturated rings. The summed E-state index contributed by atoms with van der Waals surface area (Å²) < 4.78 is 0. The monoisotopic (exact) mass is 275 g/mol. The first kappa shape index (κ1) is 14.3. The van der Waals surface area contributed by atoms with Crippen LogP contribution in [0.4, 0.5) is 0 Å². The van der Waals surface area contributed by atoms with Crippen LogP contribution in [0.2, 0.25) is 0 Å². The van der Waals surface area contributed by atoms with Crippen LogP contribution in [-0.2, 0) is 4.79 Å². The number of hydrogen-bond donors (Lipinski definition) is 0. The standard InChI is InChI=1S/C17H13N3O/c18-20-19-17(21)12-11-16(15-9-5-2-6-10-15)13-14-7-3-1-4-8-14/h1-13H/b12-11+,16-13+. The number of nitrogens with zero attached hydrogens (tertiary/aromatic N) is 3. The molecule has 102 valence electrons. The first-order valence-electron chi connectivity index (χ1n) is 6.39. The van der Waals surface area contributed by atoms with Gasteiger partial charge in [0.15, 0.2) is 0 Å². The van der Waals surface area contributed by atoms with Crippen molar-refractivity contribution in [2.75, 3.05) is 0 Å². The van der Waals surface area contributed by atoms with Crippen LogP contribution in [-0.4, -0.2) is 5.91 Å². The number of carbonyl (C=O) groups excluding carboxylic acids is 1. The van der Waals surface area contributed by atoms with E-state index in [1.807, 2.05) is 66.7 Å². The van der Waals surface area contributed by atoms with E-state index in [1.54, 1.807) is 6.08 Å². The molecule has 0 aliphatic carbocycles. The normalized spacial score (nSPS) is 11.1. The summed E-state index contributed by atoms with van der Waals surface area (Å²) in [6, 6.07) is 19.5. The number of benzene rings is 2. The van der Waals surface area contributed by atoms with Gasteiger partial charge in [-0.3, -0.25) is 4.79 Å². The molecular weight excluding hydrogens is 262 g/mol. The van der Waals surface area contributed by atoms with Crippen molar-refractivity contribution in [2.24, 2.45) is 5.11 Å². The van der Waals surface area contributed by atoms with Crippen molar-refractivity contribution in [1.82, 2.24) is 0 Å². The van der Waals surface area contributed by atoms with Gasteiger partial charge < -0.3 is 0 Å². The smallest absolute Gasteiger partial charge is 0.242 e. The van der Waals surface area contributed by atoms with Crippen molar-refractivity contribution < 1.29 is 4.79 Å². The third-order valence-electron chi connectivity index (χ3n) is 2.78. The molecule has 0 atom stereocenters. The van der Waals surface area contributed by atoms with Crippen molar-refractivity contribution in [3.63, 3.8) is 0 Å². The highest BCUT2D eigenvalue weighted by atomic mass is 16.1. The molecule has 0 aromatic heterocycles. The summed E-state index contributed by atoms with van der Waals surface area (Å²) in [6.45, 7) is 0. The number of carbonyl (C=O) groups is 1. The highest BCUT2D eigenvalue weighted by molar-refractivity contribution is 5.95. The second kappa shape index (κ2) is 7.48. The molecule has 0 saturated carbocycles. The molecule has 2 rings (SSSR count). The van der Waals surface area contributed by atoms with Crippen LogP contribution in [0.3, 0.4) is 0 Å². The second-order valence-electron chi connectivity index (χ2n) is 4.24. The predicted octanol–water partition coefficient (Wildman–Crippen LogP) is 4.62. The summed E-state index contributed by atoms with van der Waals surface area (Å²) in [7, 11) is 0. The molecule has 0 unspecified atom stereocenters. The molecule has 0 heterocycles. The Morgan fingerprint density at radius 2 is 1.57 bits per heavy atom. The van der Waals surface area contributed by atoms with Gasteiger partial charge >= 0.3 is 0 Å². The molecule has 0 aliphatic rings. The first-order valence-corrected chi connectivity index (χ1v) is 6.39. The molecule has 0 spiro atoms. The number of hydrogen-bond acceptors (Lipinski definition) is 1. The lowest BCUT2D eigenvalue weighted by Crippen LogP contribution is -1.86. The van der Waals surface area contributed by atoms with Crippen molar-refractivity contribution >= 4 is 17.6 Å². The average molecular weight is 275 g/mol. The summed E-state index contributed by atoms with van der Waals surface area (Å²) in [5.41, 5.74) is 11.1. The lowest BCUT2D eigenvalue weighted by atomic mass is 10.0. The maximum Gasteiger partial charge on any atom is 0.242 e. The van der Waals surface area contributed by atoms with E-state index in [0.717, 1.165) is 16.7 Å². The molecule has 2 aromatic carbocycles. The van der Waals surface area contributed by atoms with E-state index in [4.69, 9.17) is 5.53 Å². The molecule has 0 N–H and O–H groups in total. The van der Waals surface area contributed by atoms with Gasteiger partial charge in [0.25, 0.3) is 0 Å². The Kier molecular flexibility index (Phi) is 5.10. The van der Waals surface area contributed by atoms with E-state index >= 15 is 0 Å². The van der Waals surface area contributed by atoms with Gasteiger partial charge in [-0.15, -0.1) is 0 Å². The summed E-state index contributed by atoms with van der Waals surface area (Å²) in [6.07, 6.45) is 4.88. The molecule has 21 heavy (non-hydrogen) atoms. The molecule has 1 amide bonds. The molecule has 2 aromatic rings.